The van der Waals surface area contributed by atoms with Crippen molar-refractivity contribution in [2.75, 3.05) is 7.11 Å². The van der Waals surface area contributed by atoms with Crippen LogP contribution in [0, 0.1) is 10.1 Å². The summed E-state index contributed by atoms with van der Waals surface area (Å²) in [6.07, 6.45) is -0.513. The van der Waals surface area contributed by atoms with E-state index < -0.39 is 28.7 Å². The Kier molecular flexibility index (Phi) is 4.34. The highest BCUT2D eigenvalue weighted by Crippen LogP contribution is 2.29. The van der Waals surface area contributed by atoms with Crippen molar-refractivity contribution in [3.63, 3.8) is 0 Å². The van der Waals surface area contributed by atoms with Gasteiger partial charge in [0.15, 0.2) is 5.60 Å². The number of nitro groups is 1. The molecule has 1 N–H and O–H groups in total. The predicted molar refractivity (Wildman–Crippen MR) is 64.3 cm³/mol. The van der Waals surface area contributed by atoms with Gasteiger partial charge < -0.3 is 9.84 Å². The largest absolute Gasteiger partial charge is 0.467 e. The van der Waals surface area contributed by atoms with Crippen LogP contribution in [0.1, 0.15) is 18.9 Å². The highest BCUT2D eigenvalue weighted by Gasteiger charge is 2.41. The summed E-state index contributed by atoms with van der Waals surface area (Å²) in [5.74, 6) is -1.48. The van der Waals surface area contributed by atoms with Crippen LogP contribution in [0.3, 0.4) is 0 Å². The molecule has 0 spiro atoms. The normalized spacial score (nSPS) is 13.4. The van der Waals surface area contributed by atoms with Crippen LogP contribution in [-0.4, -0.2) is 28.9 Å². The first-order valence-electron chi connectivity index (χ1n) is 5.36. The minimum Gasteiger partial charge on any atom is -0.467 e. The average molecular weight is 267 g/mol. The van der Waals surface area contributed by atoms with Crippen molar-refractivity contribution in [2.24, 2.45) is 0 Å². The summed E-state index contributed by atoms with van der Waals surface area (Å²) in [5, 5.41) is 21.0. The molecule has 0 bridgehead atoms. The molecule has 7 heteroatoms. The van der Waals surface area contributed by atoms with Gasteiger partial charge in [0.1, 0.15) is 5.78 Å². The smallest absolute Gasteiger partial charge is 0.343 e. The Bertz CT molecular complexity index is 527. The number of nitro benzene ring substituents is 1. The number of nitrogens with zero attached hydrogens (tertiary/aromatic N) is 1. The number of esters is 1. The molecule has 1 atom stereocenters. The van der Waals surface area contributed by atoms with Crippen molar-refractivity contribution >= 4 is 17.4 Å². The third-order valence-electron chi connectivity index (χ3n) is 2.56. The van der Waals surface area contributed by atoms with Crippen LogP contribution in [0.5, 0.6) is 0 Å². The van der Waals surface area contributed by atoms with Gasteiger partial charge in [-0.05, 0) is 6.92 Å². The molecule has 19 heavy (non-hydrogen) atoms. The predicted octanol–water partition coefficient (Wildman–Crippen LogP) is 0.935. The van der Waals surface area contributed by atoms with Crippen molar-refractivity contribution in [2.45, 2.75) is 18.9 Å². The number of carbonyl (C=O) groups excluding carboxylic acids is 2. The Morgan fingerprint density at radius 2 is 2.11 bits per heavy atom. The van der Waals surface area contributed by atoms with Crippen LogP contribution in [0.2, 0.25) is 0 Å². The summed E-state index contributed by atoms with van der Waals surface area (Å²) in [6.45, 7) is 1.20. The summed E-state index contributed by atoms with van der Waals surface area (Å²) < 4.78 is 4.46. The zero-order valence-electron chi connectivity index (χ0n) is 10.5. The van der Waals surface area contributed by atoms with E-state index >= 15 is 0 Å². The minimum absolute atomic E-state index is 0.0521. The molecule has 0 saturated carbocycles. The Morgan fingerprint density at radius 1 is 1.47 bits per heavy atom. The maximum Gasteiger partial charge on any atom is 0.343 e. The molecule has 102 valence electrons. The quantitative estimate of drug-likeness (QED) is 0.483. The molecule has 7 nitrogen and oxygen atoms in total. The van der Waals surface area contributed by atoms with Crippen molar-refractivity contribution in [1.29, 1.82) is 0 Å². The number of benzene rings is 1. The maximum absolute atomic E-state index is 11.7. The molecule has 0 saturated heterocycles. The molecule has 1 aromatic carbocycles. The molecule has 0 aliphatic heterocycles. The monoisotopic (exact) mass is 267 g/mol. The van der Waals surface area contributed by atoms with E-state index in [0.29, 0.717) is 0 Å². The van der Waals surface area contributed by atoms with Crippen molar-refractivity contribution < 1.29 is 24.4 Å². The number of carbonyl (C=O) groups is 2. The first-order chi connectivity index (χ1) is 8.81. The van der Waals surface area contributed by atoms with Crippen LogP contribution in [0.15, 0.2) is 24.3 Å². The first kappa shape index (κ1) is 14.8. The number of ether oxygens (including phenoxy) is 1. The fraction of sp³-hybridized carbons (Fsp3) is 0.333. The minimum atomic E-state index is -2.22. The molecule has 0 aliphatic carbocycles. The van der Waals surface area contributed by atoms with Crippen LogP contribution >= 0.6 is 0 Å². The van der Waals surface area contributed by atoms with Crippen molar-refractivity contribution in [1.82, 2.24) is 0 Å². The molecular weight excluding hydrogens is 254 g/mol. The Balaban J connectivity index is 3.32. The van der Waals surface area contributed by atoms with E-state index in [1.54, 1.807) is 0 Å². The summed E-state index contributed by atoms with van der Waals surface area (Å²) in [7, 11) is 1.06. The van der Waals surface area contributed by atoms with Gasteiger partial charge in [-0.3, -0.25) is 14.9 Å². The van der Waals surface area contributed by atoms with Crippen LogP contribution in [0.25, 0.3) is 0 Å². The Labute approximate surface area is 109 Å². The Morgan fingerprint density at radius 3 is 2.58 bits per heavy atom. The van der Waals surface area contributed by atoms with Crippen LogP contribution in [-0.2, 0) is 19.9 Å². The molecular formula is C12H13NO6. The first-order valence-corrected chi connectivity index (χ1v) is 5.36. The summed E-state index contributed by atoms with van der Waals surface area (Å²) in [4.78, 5) is 32.9. The van der Waals surface area contributed by atoms with E-state index in [1.807, 2.05) is 0 Å². The lowest BCUT2D eigenvalue weighted by Gasteiger charge is -2.24. The standard InChI is InChI=1S/C12H13NO6/c1-8(14)7-12(16,11(15)19-2)9-4-3-5-10(6-9)13(17)18/h3-6,16H,7H2,1-2H3/t12-/m1/s1. The fourth-order valence-corrected chi connectivity index (χ4v) is 1.70. The lowest BCUT2D eigenvalue weighted by atomic mass is 9.88. The number of hydrogen-bond donors (Lipinski definition) is 1. The topological polar surface area (TPSA) is 107 Å². The van der Waals surface area contributed by atoms with Gasteiger partial charge in [-0.1, -0.05) is 12.1 Å². The number of methoxy groups -OCH3 is 1. The van der Waals surface area contributed by atoms with E-state index in [1.165, 1.54) is 25.1 Å². The summed E-state index contributed by atoms with van der Waals surface area (Å²) >= 11 is 0. The lowest BCUT2D eigenvalue weighted by molar-refractivity contribution is -0.385. The lowest BCUT2D eigenvalue weighted by Crippen LogP contribution is -2.38. The molecule has 0 radical (unpaired) electrons. The zero-order chi connectivity index (χ0) is 14.6. The van der Waals surface area contributed by atoms with Gasteiger partial charge in [0.2, 0.25) is 0 Å². The van der Waals surface area contributed by atoms with E-state index in [2.05, 4.69) is 4.74 Å². The van der Waals surface area contributed by atoms with Crippen molar-refractivity contribution in [3.8, 4) is 0 Å². The van der Waals surface area contributed by atoms with Crippen LogP contribution < -0.4 is 0 Å². The third kappa shape index (κ3) is 3.14. The van der Waals surface area contributed by atoms with Gasteiger partial charge >= 0.3 is 5.97 Å². The Hall–Kier alpha value is -2.28. The number of Topliss-reactive ketones (excluding diaryl/α,β-unsaturated/α-hetero) is 1. The van der Waals surface area contributed by atoms with E-state index in [0.717, 1.165) is 13.2 Å². The average Bonchev–Trinajstić information content (AvgIpc) is 2.36. The summed E-state index contributed by atoms with van der Waals surface area (Å²) in [6, 6.07) is 4.91. The molecule has 0 fully saturated rings. The third-order valence-corrected chi connectivity index (χ3v) is 2.56. The SMILES string of the molecule is COC(=O)[C@@](O)(CC(C)=O)c1cccc([N+](=O)[O-])c1. The number of non-ortho nitro benzene ring substituents is 1. The molecule has 0 amide bonds. The molecule has 0 unspecified atom stereocenters. The number of rotatable bonds is 5. The molecule has 0 heterocycles. The molecule has 0 aliphatic rings. The highest BCUT2D eigenvalue weighted by atomic mass is 16.6. The highest BCUT2D eigenvalue weighted by molar-refractivity contribution is 5.88. The molecule has 1 rings (SSSR count). The van der Waals surface area contributed by atoms with Gasteiger partial charge in [-0.15, -0.1) is 0 Å². The number of ketones is 1. The van der Waals surface area contributed by atoms with E-state index in [4.69, 9.17) is 0 Å². The van der Waals surface area contributed by atoms with Gasteiger partial charge in [-0.2, -0.15) is 0 Å². The van der Waals surface area contributed by atoms with E-state index in [9.17, 15) is 24.8 Å². The summed E-state index contributed by atoms with van der Waals surface area (Å²) in [5.41, 5.74) is -2.56. The van der Waals surface area contributed by atoms with Gasteiger partial charge in [0.05, 0.1) is 12.0 Å². The second-order valence-electron chi connectivity index (χ2n) is 4.04. The molecule has 1 aromatic rings. The second kappa shape index (κ2) is 5.57. The van der Waals surface area contributed by atoms with Gasteiger partial charge in [-0.25, -0.2) is 4.79 Å². The molecule has 0 aromatic heterocycles. The van der Waals surface area contributed by atoms with Gasteiger partial charge in [0.25, 0.3) is 5.69 Å². The number of aliphatic hydroxyl groups is 1. The van der Waals surface area contributed by atoms with E-state index in [-0.39, 0.29) is 11.3 Å². The zero-order valence-corrected chi connectivity index (χ0v) is 10.5. The second-order valence-corrected chi connectivity index (χ2v) is 4.04. The maximum atomic E-state index is 11.7. The number of hydrogen-bond acceptors (Lipinski definition) is 6. The fourth-order valence-electron chi connectivity index (χ4n) is 1.70. The van der Waals surface area contributed by atoms with Crippen molar-refractivity contribution in [3.05, 3.63) is 39.9 Å². The van der Waals surface area contributed by atoms with Gasteiger partial charge in [0, 0.05) is 24.1 Å². The van der Waals surface area contributed by atoms with Crippen LogP contribution in [0.4, 0.5) is 5.69 Å².